The summed E-state index contributed by atoms with van der Waals surface area (Å²) < 4.78 is 10.9. The molecule has 0 amide bonds. The molecule has 0 spiro atoms. The predicted molar refractivity (Wildman–Crippen MR) is 137 cm³/mol. The molecule has 10 atom stereocenters. The van der Waals surface area contributed by atoms with Gasteiger partial charge in [0.1, 0.15) is 61.0 Å². The number of nitrogens with one attached hydrogen (secondary N) is 1. The molecule has 11 heteroatoms. The van der Waals surface area contributed by atoms with Gasteiger partial charge in [0.2, 0.25) is 0 Å². The molecule has 2 aromatic carbocycles. The van der Waals surface area contributed by atoms with Crippen molar-refractivity contribution in [2.24, 2.45) is 0 Å². The monoisotopic (exact) mass is 539 g/mol. The van der Waals surface area contributed by atoms with Gasteiger partial charge >= 0.3 is 0 Å². The van der Waals surface area contributed by atoms with Gasteiger partial charge in [0.25, 0.3) is 0 Å². The average molecular weight is 540 g/mol. The lowest BCUT2D eigenvalue weighted by Gasteiger charge is -2.37. The van der Waals surface area contributed by atoms with Gasteiger partial charge in [-0.15, -0.1) is 0 Å². The molecular weight excluding hydrogens is 510 g/mol. The van der Waals surface area contributed by atoms with Gasteiger partial charge in [0.15, 0.2) is 0 Å². The summed E-state index contributed by atoms with van der Waals surface area (Å²) in [5, 5.41) is 80.7. The Morgan fingerprint density at radius 2 is 1.00 bits per heavy atom. The number of aliphatic hydroxyl groups is 8. The normalized spacial score (nSPS) is 34.8. The fourth-order valence-electron chi connectivity index (χ4n) is 4.80. The maximum absolute atomic E-state index is 10.2. The van der Waals surface area contributed by atoms with Crippen molar-refractivity contribution in [3.8, 4) is 23.7 Å². The van der Waals surface area contributed by atoms with E-state index in [2.05, 4.69) is 28.7 Å². The lowest BCUT2D eigenvalue weighted by molar-refractivity contribution is -0.214. The first kappa shape index (κ1) is 27.5. The van der Waals surface area contributed by atoms with E-state index in [0.717, 1.165) is 21.8 Å². The molecule has 9 N–H and O–H groups in total. The number of H-pyrrole nitrogens is 1. The van der Waals surface area contributed by atoms with E-state index in [-0.39, 0.29) is 0 Å². The van der Waals surface area contributed by atoms with Gasteiger partial charge in [-0.25, -0.2) is 0 Å². The minimum Gasteiger partial charge on any atom is -0.394 e. The number of benzene rings is 2. The molecule has 10 unspecified atom stereocenters. The number of hydrogen-bond acceptors (Lipinski definition) is 10. The molecule has 2 aliphatic heterocycles. The zero-order chi connectivity index (χ0) is 27.8. The van der Waals surface area contributed by atoms with Crippen LogP contribution < -0.4 is 0 Å². The SMILES string of the molecule is OCC1OC(C#Cc2ccc3[nH]c4ccc(C#CC5OC(CO)C(O)C(O)C5O)cc4c3c2)C(O)C(O)C1O. The molecule has 2 fully saturated rings. The van der Waals surface area contributed by atoms with Crippen molar-refractivity contribution in [2.75, 3.05) is 13.2 Å². The maximum Gasteiger partial charge on any atom is 0.147 e. The lowest BCUT2D eigenvalue weighted by Crippen LogP contribution is -2.58. The summed E-state index contributed by atoms with van der Waals surface area (Å²) in [5.41, 5.74) is 2.86. The van der Waals surface area contributed by atoms with E-state index < -0.39 is 74.3 Å². The number of fused-ring (bicyclic) bond motifs is 3. The molecule has 206 valence electrons. The summed E-state index contributed by atoms with van der Waals surface area (Å²) in [5.74, 6) is 11.4. The summed E-state index contributed by atoms with van der Waals surface area (Å²) in [6.07, 6.45) is -13.1. The van der Waals surface area contributed by atoms with Crippen LogP contribution in [0.3, 0.4) is 0 Å². The highest BCUT2D eigenvalue weighted by molar-refractivity contribution is 6.08. The summed E-state index contributed by atoms with van der Waals surface area (Å²) in [4.78, 5) is 3.30. The van der Waals surface area contributed by atoms with Crippen LogP contribution in [0.4, 0.5) is 0 Å². The quantitative estimate of drug-likeness (QED) is 0.160. The third kappa shape index (κ3) is 5.26. The number of aliphatic hydroxyl groups excluding tert-OH is 8. The second kappa shape index (κ2) is 11.2. The van der Waals surface area contributed by atoms with Crippen molar-refractivity contribution in [3.63, 3.8) is 0 Å². The largest absolute Gasteiger partial charge is 0.394 e. The Balaban J connectivity index is 1.42. The van der Waals surface area contributed by atoms with Crippen LogP contribution in [0.1, 0.15) is 11.1 Å². The lowest BCUT2D eigenvalue weighted by atomic mass is 9.95. The topological polar surface area (TPSA) is 196 Å². The molecule has 0 bridgehead atoms. The highest BCUT2D eigenvalue weighted by atomic mass is 16.5. The number of ether oxygens (including phenoxy) is 2. The van der Waals surface area contributed by atoms with Gasteiger partial charge in [0, 0.05) is 32.9 Å². The summed E-state index contributed by atoms with van der Waals surface area (Å²) >= 11 is 0. The Hall–Kier alpha value is -3.04. The van der Waals surface area contributed by atoms with Crippen molar-refractivity contribution in [2.45, 2.75) is 61.0 Å². The van der Waals surface area contributed by atoms with E-state index in [9.17, 15) is 40.9 Å². The number of aromatic nitrogens is 1. The Morgan fingerprint density at radius 1 is 0.590 bits per heavy atom. The second-order valence-corrected chi connectivity index (χ2v) is 9.68. The Morgan fingerprint density at radius 3 is 1.38 bits per heavy atom. The van der Waals surface area contributed by atoms with Crippen molar-refractivity contribution >= 4 is 21.8 Å². The zero-order valence-corrected chi connectivity index (χ0v) is 20.5. The van der Waals surface area contributed by atoms with Crippen LogP contribution in [0.5, 0.6) is 0 Å². The second-order valence-electron chi connectivity index (χ2n) is 9.68. The van der Waals surface area contributed by atoms with Crippen molar-refractivity contribution in [3.05, 3.63) is 47.5 Å². The highest BCUT2D eigenvalue weighted by Gasteiger charge is 2.43. The van der Waals surface area contributed by atoms with Gasteiger partial charge in [0.05, 0.1) is 13.2 Å². The molecule has 3 aromatic rings. The number of aromatic amines is 1. The van der Waals surface area contributed by atoms with Crippen LogP contribution in [0.25, 0.3) is 21.8 Å². The van der Waals surface area contributed by atoms with Gasteiger partial charge < -0.3 is 55.3 Å². The molecule has 3 heterocycles. The number of rotatable bonds is 2. The maximum atomic E-state index is 10.2. The standard InChI is InChI=1S/C28H29NO10/c30-11-21-25(34)27(36)23(32)19(38-21)7-3-13-1-5-17-15(9-13)16-10-14(2-6-18(16)29-17)4-8-20-24(33)28(37)26(35)22(12-31)39-20/h1-2,5-6,9-10,19-37H,11-12H2. The molecule has 2 saturated heterocycles. The third-order valence-electron chi connectivity index (χ3n) is 7.10. The van der Waals surface area contributed by atoms with Gasteiger partial charge in [-0.2, -0.15) is 0 Å². The van der Waals surface area contributed by atoms with E-state index in [1.165, 1.54) is 0 Å². The zero-order valence-electron chi connectivity index (χ0n) is 20.5. The van der Waals surface area contributed by atoms with Crippen molar-refractivity contribution in [1.29, 1.82) is 0 Å². The Bertz CT molecular complexity index is 1350. The van der Waals surface area contributed by atoms with Crippen LogP contribution in [0.2, 0.25) is 0 Å². The van der Waals surface area contributed by atoms with E-state index in [1.807, 2.05) is 24.3 Å². The molecule has 1 aromatic heterocycles. The molecule has 0 aliphatic carbocycles. The molecule has 5 rings (SSSR count). The van der Waals surface area contributed by atoms with E-state index in [1.54, 1.807) is 12.1 Å². The van der Waals surface area contributed by atoms with Crippen LogP contribution in [-0.2, 0) is 9.47 Å². The number of hydrogen-bond donors (Lipinski definition) is 9. The molecular formula is C28H29NO10. The first-order chi connectivity index (χ1) is 18.7. The first-order valence-electron chi connectivity index (χ1n) is 12.4. The highest BCUT2D eigenvalue weighted by Crippen LogP contribution is 2.28. The minimum absolute atomic E-state index is 0.536. The predicted octanol–water partition coefficient (Wildman–Crippen LogP) is -2.29. The molecule has 0 saturated carbocycles. The van der Waals surface area contributed by atoms with Gasteiger partial charge in [-0.1, -0.05) is 23.7 Å². The minimum atomic E-state index is -1.51. The van der Waals surface area contributed by atoms with E-state index >= 15 is 0 Å². The van der Waals surface area contributed by atoms with E-state index in [0.29, 0.717) is 11.1 Å². The molecule has 39 heavy (non-hydrogen) atoms. The molecule has 2 aliphatic rings. The average Bonchev–Trinajstić information content (AvgIpc) is 3.31. The van der Waals surface area contributed by atoms with Crippen LogP contribution in [0, 0.1) is 23.7 Å². The van der Waals surface area contributed by atoms with Crippen LogP contribution >= 0.6 is 0 Å². The third-order valence-corrected chi connectivity index (χ3v) is 7.10. The van der Waals surface area contributed by atoms with E-state index in [4.69, 9.17) is 9.47 Å². The first-order valence-corrected chi connectivity index (χ1v) is 12.4. The summed E-state index contributed by atoms with van der Waals surface area (Å²) in [6.45, 7) is -1.07. The summed E-state index contributed by atoms with van der Waals surface area (Å²) in [6, 6.07) is 10.9. The van der Waals surface area contributed by atoms with Crippen molar-refractivity contribution < 1.29 is 50.3 Å². The summed E-state index contributed by atoms with van der Waals surface area (Å²) in [7, 11) is 0. The van der Waals surface area contributed by atoms with Crippen LogP contribution in [0.15, 0.2) is 36.4 Å². The molecule has 11 nitrogen and oxygen atoms in total. The fourth-order valence-corrected chi connectivity index (χ4v) is 4.80. The smallest absolute Gasteiger partial charge is 0.147 e. The van der Waals surface area contributed by atoms with Gasteiger partial charge in [-0.3, -0.25) is 0 Å². The molecule has 0 radical (unpaired) electrons. The van der Waals surface area contributed by atoms with Gasteiger partial charge in [-0.05, 0) is 36.4 Å². The Kier molecular flexibility index (Phi) is 7.91. The Labute approximate surface area is 222 Å². The fraction of sp³-hybridized carbons (Fsp3) is 0.429. The van der Waals surface area contributed by atoms with Crippen molar-refractivity contribution in [1.82, 2.24) is 4.98 Å². The van der Waals surface area contributed by atoms with Crippen LogP contribution in [-0.4, -0.2) is 120 Å².